The van der Waals surface area contributed by atoms with Gasteiger partial charge in [-0.2, -0.15) is 0 Å². The van der Waals surface area contributed by atoms with Crippen molar-refractivity contribution in [2.24, 2.45) is 0 Å². The fourth-order valence-corrected chi connectivity index (χ4v) is 5.57. The van der Waals surface area contributed by atoms with Gasteiger partial charge in [0, 0.05) is 18.2 Å². The number of nitrogens with zero attached hydrogens (tertiary/aromatic N) is 1. The molecule has 1 amide bonds. The molecule has 0 aromatic heterocycles. The normalized spacial score (nSPS) is 15.2. The number of ether oxygens (including phenoxy) is 1. The molecule has 4 nitrogen and oxygen atoms in total. The Morgan fingerprint density at radius 2 is 1.41 bits per heavy atom. The van der Waals surface area contributed by atoms with Crippen molar-refractivity contribution < 1.29 is 27.1 Å². The first kappa shape index (κ1) is 33.3. The molecule has 1 heterocycles. The minimum absolute atomic E-state index is 0.330. The van der Waals surface area contributed by atoms with Gasteiger partial charge in [-0.05, 0) is 106 Å². The van der Waals surface area contributed by atoms with Crippen molar-refractivity contribution >= 4 is 29.7 Å². The first-order valence-corrected chi connectivity index (χ1v) is 15.1. The Kier molecular flexibility index (Phi) is 12.0. The van der Waals surface area contributed by atoms with E-state index in [4.69, 9.17) is 16.3 Å². The van der Waals surface area contributed by atoms with Crippen molar-refractivity contribution in [3.8, 4) is 5.75 Å². The molecule has 0 radical (unpaired) electrons. The average molecular weight is 629 g/mol. The van der Waals surface area contributed by atoms with E-state index in [9.17, 15) is 22.4 Å². The SMILES string of the molecule is C/C(=C/c1ccc(F)c(F)c1)CC(C/C(C)=C\c1ccc(F)c(F)c1)NC(=O)c1ccc(OCCN2CCCCC2)c(Cl)c1. The lowest BCUT2D eigenvalue weighted by atomic mass is 9.97. The lowest BCUT2D eigenvalue weighted by Crippen LogP contribution is -2.35. The fourth-order valence-electron chi connectivity index (χ4n) is 5.34. The number of hydrogen-bond acceptors (Lipinski definition) is 3. The molecule has 234 valence electrons. The lowest BCUT2D eigenvalue weighted by Gasteiger charge is -2.26. The van der Waals surface area contributed by atoms with E-state index in [2.05, 4.69) is 10.2 Å². The summed E-state index contributed by atoms with van der Waals surface area (Å²) < 4.78 is 60.2. The van der Waals surface area contributed by atoms with Gasteiger partial charge in [-0.25, -0.2) is 17.6 Å². The van der Waals surface area contributed by atoms with E-state index in [0.717, 1.165) is 55.0 Å². The van der Waals surface area contributed by atoms with Crippen LogP contribution in [0.15, 0.2) is 65.7 Å². The maximum Gasteiger partial charge on any atom is 0.251 e. The smallest absolute Gasteiger partial charge is 0.251 e. The first-order chi connectivity index (χ1) is 21.1. The zero-order chi connectivity index (χ0) is 31.6. The third kappa shape index (κ3) is 9.96. The van der Waals surface area contributed by atoms with Crippen LogP contribution in [-0.2, 0) is 0 Å². The highest BCUT2D eigenvalue weighted by Gasteiger charge is 2.18. The van der Waals surface area contributed by atoms with Crippen molar-refractivity contribution in [3.63, 3.8) is 0 Å². The van der Waals surface area contributed by atoms with Crippen LogP contribution in [0.1, 0.15) is 67.4 Å². The van der Waals surface area contributed by atoms with Crippen molar-refractivity contribution in [2.45, 2.75) is 52.0 Å². The standard InChI is InChI=1S/C35H37ClF4N2O2/c1-23(16-25-6-9-30(37)32(39)20-25)18-28(19-24(2)17-26-7-10-31(38)33(40)21-26)41-35(43)27-8-11-34(29(36)22-27)44-15-14-42-12-4-3-5-13-42/h6-11,16-17,20-22,28H,3-5,12-15,18-19H2,1-2H3,(H,41,43)/b23-16-,24-17-. The molecule has 1 aliphatic rings. The number of piperidine rings is 1. The number of rotatable bonds is 12. The van der Waals surface area contributed by atoms with Gasteiger partial charge in [0.25, 0.3) is 5.91 Å². The van der Waals surface area contributed by atoms with E-state index in [-0.39, 0.29) is 5.91 Å². The molecule has 3 aromatic rings. The van der Waals surface area contributed by atoms with Gasteiger partial charge in [0.15, 0.2) is 23.3 Å². The zero-order valence-corrected chi connectivity index (χ0v) is 25.7. The third-order valence-corrected chi connectivity index (χ3v) is 7.79. The van der Waals surface area contributed by atoms with E-state index < -0.39 is 29.3 Å². The predicted octanol–water partition coefficient (Wildman–Crippen LogP) is 8.85. The zero-order valence-electron chi connectivity index (χ0n) is 24.9. The molecule has 1 N–H and O–H groups in total. The molecule has 0 spiro atoms. The van der Waals surface area contributed by atoms with Gasteiger partial charge in [0.05, 0.1) is 5.02 Å². The molecule has 1 saturated heterocycles. The lowest BCUT2D eigenvalue weighted by molar-refractivity contribution is 0.0936. The number of hydrogen-bond donors (Lipinski definition) is 1. The molecule has 9 heteroatoms. The molecule has 44 heavy (non-hydrogen) atoms. The van der Waals surface area contributed by atoms with Gasteiger partial charge in [-0.1, -0.05) is 53.5 Å². The molecule has 1 fully saturated rings. The van der Waals surface area contributed by atoms with Crippen LogP contribution in [0.25, 0.3) is 12.2 Å². The summed E-state index contributed by atoms with van der Waals surface area (Å²) in [6.07, 6.45) is 7.89. The maximum atomic E-state index is 13.8. The fraction of sp³-hybridized carbons (Fsp3) is 0.343. The Morgan fingerprint density at radius 3 is 1.93 bits per heavy atom. The van der Waals surface area contributed by atoms with Crippen LogP contribution in [0.5, 0.6) is 5.75 Å². The van der Waals surface area contributed by atoms with E-state index in [1.807, 2.05) is 13.8 Å². The topological polar surface area (TPSA) is 41.6 Å². The average Bonchev–Trinajstić information content (AvgIpc) is 2.98. The number of likely N-dealkylation sites (tertiary alicyclic amines) is 1. The summed E-state index contributed by atoms with van der Waals surface area (Å²) in [7, 11) is 0. The second-order valence-electron chi connectivity index (χ2n) is 11.3. The number of halogens is 5. The molecule has 0 saturated carbocycles. The summed E-state index contributed by atoms with van der Waals surface area (Å²) >= 11 is 6.48. The second kappa shape index (κ2) is 15.9. The van der Waals surface area contributed by atoms with Crippen molar-refractivity contribution in [3.05, 3.63) is 111 Å². The van der Waals surface area contributed by atoms with Crippen LogP contribution >= 0.6 is 11.6 Å². The van der Waals surface area contributed by atoms with Crippen LogP contribution in [0.2, 0.25) is 5.02 Å². The Balaban J connectivity index is 1.46. The largest absolute Gasteiger partial charge is 0.491 e. The molecular formula is C35H37ClF4N2O2. The summed E-state index contributed by atoms with van der Waals surface area (Å²) in [6.45, 7) is 7.13. The van der Waals surface area contributed by atoms with Crippen LogP contribution in [-0.4, -0.2) is 43.1 Å². The Labute approximate surface area is 261 Å². The highest BCUT2D eigenvalue weighted by molar-refractivity contribution is 6.32. The predicted molar refractivity (Wildman–Crippen MR) is 168 cm³/mol. The molecular weight excluding hydrogens is 592 g/mol. The number of carbonyl (C=O) groups excluding carboxylic acids is 1. The summed E-state index contributed by atoms with van der Waals surface area (Å²) in [5.74, 6) is -3.60. The van der Waals surface area contributed by atoms with Crippen molar-refractivity contribution in [1.82, 2.24) is 10.2 Å². The first-order valence-electron chi connectivity index (χ1n) is 14.8. The third-order valence-electron chi connectivity index (χ3n) is 7.49. The summed E-state index contributed by atoms with van der Waals surface area (Å²) in [5, 5.41) is 3.38. The van der Waals surface area contributed by atoms with Crippen LogP contribution < -0.4 is 10.1 Å². The maximum absolute atomic E-state index is 13.8. The molecule has 0 aliphatic carbocycles. The number of carbonyl (C=O) groups is 1. The van der Waals surface area contributed by atoms with E-state index in [1.165, 1.54) is 31.4 Å². The summed E-state index contributed by atoms with van der Waals surface area (Å²) in [6, 6.07) is 11.8. The van der Waals surface area contributed by atoms with Crippen molar-refractivity contribution in [2.75, 3.05) is 26.2 Å². The van der Waals surface area contributed by atoms with Gasteiger partial charge >= 0.3 is 0 Å². The van der Waals surface area contributed by atoms with Gasteiger partial charge in [-0.3, -0.25) is 9.69 Å². The number of amides is 1. The Morgan fingerprint density at radius 1 is 0.841 bits per heavy atom. The monoisotopic (exact) mass is 628 g/mol. The van der Waals surface area contributed by atoms with Gasteiger partial charge < -0.3 is 10.1 Å². The molecule has 4 rings (SSSR count). The Hall–Kier alpha value is -3.62. The second-order valence-corrected chi connectivity index (χ2v) is 11.7. The minimum Gasteiger partial charge on any atom is -0.491 e. The van der Waals surface area contributed by atoms with Crippen LogP contribution in [0, 0.1) is 23.3 Å². The minimum atomic E-state index is -0.947. The van der Waals surface area contributed by atoms with Crippen molar-refractivity contribution in [1.29, 1.82) is 0 Å². The highest BCUT2D eigenvalue weighted by Crippen LogP contribution is 2.26. The quantitative estimate of drug-likeness (QED) is 0.204. The van der Waals surface area contributed by atoms with E-state index >= 15 is 0 Å². The van der Waals surface area contributed by atoms with Gasteiger partial charge in [0.1, 0.15) is 12.4 Å². The van der Waals surface area contributed by atoms with E-state index in [1.54, 1.807) is 30.4 Å². The molecule has 0 atom stereocenters. The van der Waals surface area contributed by atoms with Crippen LogP contribution in [0.3, 0.4) is 0 Å². The molecule has 0 bridgehead atoms. The summed E-state index contributed by atoms with van der Waals surface area (Å²) in [4.78, 5) is 15.7. The molecule has 1 aliphatic heterocycles. The number of benzene rings is 3. The number of nitrogens with one attached hydrogen (secondary N) is 1. The Bertz CT molecular complexity index is 1450. The molecule has 3 aromatic carbocycles. The van der Waals surface area contributed by atoms with Crippen LogP contribution in [0.4, 0.5) is 17.6 Å². The van der Waals surface area contributed by atoms with Gasteiger partial charge in [-0.15, -0.1) is 0 Å². The van der Waals surface area contributed by atoms with Gasteiger partial charge in [0.2, 0.25) is 0 Å². The van der Waals surface area contributed by atoms with E-state index in [0.29, 0.717) is 46.9 Å². The summed E-state index contributed by atoms with van der Waals surface area (Å²) in [5.41, 5.74) is 2.97. The molecule has 0 unspecified atom stereocenters. The highest BCUT2D eigenvalue weighted by atomic mass is 35.5.